The fourth-order valence-corrected chi connectivity index (χ4v) is 1.81. The van der Waals surface area contributed by atoms with Crippen molar-refractivity contribution in [2.45, 2.75) is 6.54 Å². The van der Waals surface area contributed by atoms with Crippen LogP contribution < -0.4 is 10.6 Å². The summed E-state index contributed by atoms with van der Waals surface area (Å²) in [5.41, 5.74) is 0.908. The lowest BCUT2D eigenvalue weighted by Crippen LogP contribution is -2.35. The highest BCUT2D eigenvalue weighted by Crippen LogP contribution is 2.20. The van der Waals surface area contributed by atoms with E-state index in [9.17, 15) is 4.79 Å². The Bertz CT molecular complexity index is 400. The predicted molar refractivity (Wildman–Crippen MR) is 73.1 cm³/mol. The van der Waals surface area contributed by atoms with E-state index in [4.69, 9.17) is 27.9 Å². The van der Waals surface area contributed by atoms with Gasteiger partial charge < -0.3 is 15.4 Å². The first kappa shape index (κ1) is 15.2. The summed E-state index contributed by atoms with van der Waals surface area (Å²) < 4.78 is 4.83. The number of carbonyl (C=O) groups excluding carboxylic acids is 1. The minimum Gasteiger partial charge on any atom is -0.383 e. The molecule has 0 unspecified atom stereocenters. The van der Waals surface area contributed by atoms with Crippen LogP contribution in [-0.4, -0.2) is 32.7 Å². The van der Waals surface area contributed by atoms with Gasteiger partial charge in [0.05, 0.1) is 13.2 Å². The minimum absolute atomic E-state index is 0.0721. The van der Waals surface area contributed by atoms with Crippen molar-refractivity contribution in [2.24, 2.45) is 0 Å². The van der Waals surface area contributed by atoms with Crippen LogP contribution in [0.3, 0.4) is 0 Å². The van der Waals surface area contributed by atoms with Crippen molar-refractivity contribution in [3.8, 4) is 0 Å². The van der Waals surface area contributed by atoms with Gasteiger partial charge in [-0.1, -0.05) is 29.3 Å². The molecule has 0 saturated carbocycles. The first-order chi connectivity index (χ1) is 8.63. The third-order valence-electron chi connectivity index (χ3n) is 2.24. The molecule has 1 aromatic rings. The van der Waals surface area contributed by atoms with Crippen LogP contribution in [0.1, 0.15) is 5.56 Å². The highest BCUT2D eigenvalue weighted by molar-refractivity contribution is 6.35. The number of hydrogen-bond acceptors (Lipinski definition) is 3. The zero-order chi connectivity index (χ0) is 13.4. The van der Waals surface area contributed by atoms with Crippen LogP contribution in [0, 0.1) is 0 Å². The highest BCUT2D eigenvalue weighted by Gasteiger charge is 2.03. The van der Waals surface area contributed by atoms with E-state index in [2.05, 4.69) is 10.6 Å². The fraction of sp³-hybridized carbons (Fsp3) is 0.417. The Morgan fingerprint density at radius 2 is 2.17 bits per heavy atom. The maximum Gasteiger partial charge on any atom is 0.234 e. The Balaban J connectivity index is 2.26. The quantitative estimate of drug-likeness (QED) is 0.754. The van der Waals surface area contributed by atoms with Gasteiger partial charge in [0.1, 0.15) is 0 Å². The highest BCUT2D eigenvalue weighted by atomic mass is 35.5. The maximum atomic E-state index is 11.4. The standard InChI is InChI=1S/C12H16Cl2N2O2/c1-18-5-4-16-12(17)8-15-7-9-2-3-10(13)6-11(9)14/h2-3,6,15H,4-5,7-8H2,1H3,(H,16,17). The molecule has 0 heterocycles. The Hall–Kier alpha value is -0.810. The minimum atomic E-state index is -0.0721. The zero-order valence-electron chi connectivity index (χ0n) is 10.1. The van der Waals surface area contributed by atoms with Crippen molar-refractivity contribution in [3.05, 3.63) is 33.8 Å². The molecule has 4 nitrogen and oxygen atoms in total. The fourth-order valence-electron chi connectivity index (χ4n) is 1.33. The molecule has 1 aromatic carbocycles. The lowest BCUT2D eigenvalue weighted by atomic mass is 10.2. The SMILES string of the molecule is COCCNC(=O)CNCc1ccc(Cl)cc1Cl. The number of ether oxygens (including phenoxy) is 1. The number of nitrogens with one attached hydrogen (secondary N) is 2. The number of methoxy groups -OCH3 is 1. The summed E-state index contributed by atoms with van der Waals surface area (Å²) in [7, 11) is 1.59. The van der Waals surface area contributed by atoms with E-state index in [1.807, 2.05) is 6.07 Å². The van der Waals surface area contributed by atoms with E-state index in [0.29, 0.717) is 29.7 Å². The second-order valence-electron chi connectivity index (χ2n) is 3.68. The van der Waals surface area contributed by atoms with Crippen LogP contribution in [0.15, 0.2) is 18.2 Å². The lowest BCUT2D eigenvalue weighted by molar-refractivity contribution is -0.120. The lowest BCUT2D eigenvalue weighted by Gasteiger charge is -2.07. The molecule has 0 spiro atoms. The Morgan fingerprint density at radius 1 is 1.39 bits per heavy atom. The van der Waals surface area contributed by atoms with E-state index < -0.39 is 0 Å². The molecule has 0 radical (unpaired) electrons. The van der Waals surface area contributed by atoms with Crippen molar-refractivity contribution < 1.29 is 9.53 Å². The molecular formula is C12H16Cl2N2O2. The molecule has 6 heteroatoms. The van der Waals surface area contributed by atoms with Gasteiger partial charge in [0.15, 0.2) is 0 Å². The number of benzene rings is 1. The molecule has 0 aliphatic heterocycles. The summed E-state index contributed by atoms with van der Waals surface area (Å²) in [6, 6.07) is 5.28. The van der Waals surface area contributed by atoms with Gasteiger partial charge in [-0.05, 0) is 17.7 Å². The summed E-state index contributed by atoms with van der Waals surface area (Å²) in [6.45, 7) is 1.78. The van der Waals surface area contributed by atoms with Crippen molar-refractivity contribution in [3.63, 3.8) is 0 Å². The molecule has 0 aliphatic carbocycles. The van der Waals surface area contributed by atoms with Crippen LogP contribution >= 0.6 is 23.2 Å². The van der Waals surface area contributed by atoms with Crippen LogP contribution in [0.2, 0.25) is 10.0 Å². The van der Waals surface area contributed by atoms with Gasteiger partial charge in [0.25, 0.3) is 0 Å². The van der Waals surface area contributed by atoms with E-state index >= 15 is 0 Å². The largest absolute Gasteiger partial charge is 0.383 e. The molecule has 1 rings (SSSR count). The van der Waals surface area contributed by atoms with Gasteiger partial charge in [-0.15, -0.1) is 0 Å². The van der Waals surface area contributed by atoms with Crippen molar-refractivity contribution >= 4 is 29.1 Å². The summed E-state index contributed by atoms with van der Waals surface area (Å²) in [6.07, 6.45) is 0. The third kappa shape index (κ3) is 5.69. The summed E-state index contributed by atoms with van der Waals surface area (Å²) in [5, 5.41) is 6.91. The first-order valence-electron chi connectivity index (χ1n) is 5.53. The monoisotopic (exact) mass is 290 g/mol. The molecule has 1 amide bonds. The molecule has 0 fully saturated rings. The molecule has 0 atom stereocenters. The topological polar surface area (TPSA) is 50.4 Å². The molecule has 100 valence electrons. The normalized spacial score (nSPS) is 10.4. The van der Waals surface area contributed by atoms with Crippen molar-refractivity contribution in [2.75, 3.05) is 26.8 Å². The van der Waals surface area contributed by atoms with Gasteiger partial charge in [-0.2, -0.15) is 0 Å². The molecule has 2 N–H and O–H groups in total. The summed E-state index contributed by atoms with van der Waals surface area (Å²) in [5.74, 6) is -0.0721. The van der Waals surface area contributed by atoms with E-state index in [1.165, 1.54) is 0 Å². The average molecular weight is 291 g/mol. The van der Waals surface area contributed by atoms with Crippen LogP contribution in [0.5, 0.6) is 0 Å². The molecular weight excluding hydrogens is 275 g/mol. The maximum absolute atomic E-state index is 11.4. The number of rotatable bonds is 7. The molecule has 0 aromatic heterocycles. The molecule has 0 aliphatic rings. The summed E-state index contributed by atoms with van der Waals surface area (Å²) in [4.78, 5) is 11.4. The van der Waals surface area contributed by atoms with Crippen LogP contribution in [-0.2, 0) is 16.1 Å². The van der Waals surface area contributed by atoms with Gasteiger partial charge >= 0.3 is 0 Å². The van der Waals surface area contributed by atoms with Gasteiger partial charge in [-0.3, -0.25) is 4.79 Å². The second-order valence-corrected chi connectivity index (χ2v) is 4.53. The van der Waals surface area contributed by atoms with Crippen LogP contribution in [0.4, 0.5) is 0 Å². The van der Waals surface area contributed by atoms with Crippen molar-refractivity contribution in [1.29, 1.82) is 0 Å². The zero-order valence-corrected chi connectivity index (χ0v) is 11.6. The molecule has 0 bridgehead atoms. The smallest absolute Gasteiger partial charge is 0.234 e. The van der Waals surface area contributed by atoms with Gasteiger partial charge in [0.2, 0.25) is 5.91 Å². The van der Waals surface area contributed by atoms with E-state index in [1.54, 1.807) is 19.2 Å². The molecule has 18 heavy (non-hydrogen) atoms. The summed E-state index contributed by atoms with van der Waals surface area (Å²) >= 11 is 11.8. The van der Waals surface area contributed by atoms with Crippen LogP contribution in [0.25, 0.3) is 0 Å². The second kappa shape index (κ2) is 8.32. The Labute approximate surface area is 117 Å². The Morgan fingerprint density at radius 3 is 2.83 bits per heavy atom. The average Bonchev–Trinajstić information content (AvgIpc) is 2.32. The molecule has 0 saturated heterocycles. The number of amides is 1. The third-order valence-corrected chi connectivity index (χ3v) is 2.83. The first-order valence-corrected chi connectivity index (χ1v) is 6.29. The van der Waals surface area contributed by atoms with E-state index in [0.717, 1.165) is 5.56 Å². The number of carbonyl (C=O) groups is 1. The van der Waals surface area contributed by atoms with Crippen molar-refractivity contribution in [1.82, 2.24) is 10.6 Å². The Kier molecular flexibility index (Phi) is 7.05. The number of hydrogen-bond donors (Lipinski definition) is 2. The van der Waals surface area contributed by atoms with Gasteiger partial charge in [0, 0.05) is 30.2 Å². The predicted octanol–water partition coefficient (Wildman–Crippen LogP) is 1.85. The number of halogens is 2. The van der Waals surface area contributed by atoms with Gasteiger partial charge in [-0.25, -0.2) is 0 Å². The van der Waals surface area contributed by atoms with E-state index in [-0.39, 0.29) is 12.5 Å².